The molecule has 0 saturated heterocycles. The minimum Gasteiger partial charge on any atom is -0.506 e. The fourth-order valence-corrected chi connectivity index (χ4v) is 2.55. The first-order chi connectivity index (χ1) is 10.8. The van der Waals surface area contributed by atoms with Crippen LogP contribution >= 0.6 is 23.2 Å². The molecule has 1 amide bonds. The summed E-state index contributed by atoms with van der Waals surface area (Å²) in [7, 11) is 0. The Kier molecular flexibility index (Phi) is 5.28. The van der Waals surface area contributed by atoms with Crippen molar-refractivity contribution in [3.63, 3.8) is 0 Å². The molecule has 0 saturated carbocycles. The molecule has 2 rings (SSSR count). The highest BCUT2D eigenvalue weighted by atomic mass is 35.5. The van der Waals surface area contributed by atoms with Gasteiger partial charge in [-0.05, 0) is 39.0 Å². The van der Waals surface area contributed by atoms with E-state index < -0.39 is 0 Å². The summed E-state index contributed by atoms with van der Waals surface area (Å²) in [6.07, 6.45) is 0. The molecular weight excluding hydrogens is 339 g/mol. The Balaban J connectivity index is 2.10. The summed E-state index contributed by atoms with van der Waals surface area (Å²) in [5.74, 6) is -0.465. The summed E-state index contributed by atoms with van der Waals surface area (Å²) >= 11 is 11.8. The number of hydrogen-bond acceptors (Lipinski definition) is 4. The lowest BCUT2D eigenvalue weighted by Gasteiger charge is -2.08. The van der Waals surface area contributed by atoms with Crippen LogP contribution in [0.4, 0.5) is 0 Å². The maximum atomic E-state index is 11.9. The van der Waals surface area contributed by atoms with Gasteiger partial charge in [0.25, 0.3) is 5.91 Å². The van der Waals surface area contributed by atoms with Gasteiger partial charge in [-0.3, -0.25) is 9.48 Å². The third-order valence-electron chi connectivity index (χ3n) is 3.16. The van der Waals surface area contributed by atoms with Gasteiger partial charge in [-0.25, -0.2) is 5.43 Å². The Bertz CT molecular complexity index is 784. The number of carbonyl (C=O) groups is 1. The molecule has 2 aromatic rings. The molecule has 0 bridgehead atoms. The number of hydrogen-bond donors (Lipinski definition) is 2. The van der Waals surface area contributed by atoms with Crippen molar-refractivity contribution in [1.29, 1.82) is 0 Å². The average Bonchev–Trinajstić information content (AvgIpc) is 2.78. The largest absolute Gasteiger partial charge is 0.506 e. The Morgan fingerprint density at radius 1 is 1.35 bits per heavy atom. The molecule has 0 aliphatic rings. The Morgan fingerprint density at radius 2 is 2.04 bits per heavy atom. The van der Waals surface area contributed by atoms with Crippen molar-refractivity contribution in [2.24, 2.45) is 5.10 Å². The van der Waals surface area contributed by atoms with Crippen molar-refractivity contribution in [2.75, 3.05) is 0 Å². The van der Waals surface area contributed by atoms with Gasteiger partial charge >= 0.3 is 0 Å². The van der Waals surface area contributed by atoms with Crippen LogP contribution in [0.2, 0.25) is 10.0 Å². The summed E-state index contributed by atoms with van der Waals surface area (Å²) in [6.45, 7) is 5.41. The van der Waals surface area contributed by atoms with E-state index >= 15 is 0 Å². The molecule has 6 nitrogen and oxygen atoms in total. The van der Waals surface area contributed by atoms with Crippen LogP contribution in [0.5, 0.6) is 5.75 Å². The zero-order valence-corrected chi connectivity index (χ0v) is 14.4. The molecule has 2 N–H and O–H groups in total. The number of carbonyl (C=O) groups excluding carboxylic acids is 1. The second-order valence-electron chi connectivity index (χ2n) is 5.10. The number of rotatable bonds is 4. The second kappa shape index (κ2) is 7.02. The monoisotopic (exact) mass is 354 g/mol. The van der Waals surface area contributed by atoms with E-state index in [0.717, 1.165) is 11.4 Å². The topological polar surface area (TPSA) is 79.5 Å². The Morgan fingerprint density at radius 3 is 2.65 bits per heavy atom. The van der Waals surface area contributed by atoms with Gasteiger partial charge in [-0.15, -0.1) is 0 Å². The molecule has 0 radical (unpaired) electrons. The molecule has 23 heavy (non-hydrogen) atoms. The third-order valence-corrected chi connectivity index (χ3v) is 3.67. The quantitative estimate of drug-likeness (QED) is 0.654. The van der Waals surface area contributed by atoms with Crippen LogP contribution in [0.3, 0.4) is 0 Å². The number of aryl methyl sites for hydroxylation is 2. The van der Waals surface area contributed by atoms with E-state index in [9.17, 15) is 9.90 Å². The van der Waals surface area contributed by atoms with Crippen LogP contribution in [0.15, 0.2) is 23.3 Å². The molecular formula is C15H16Cl2N4O2. The van der Waals surface area contributed by atoms with Crippen LogP contribution in [-0.2, 0) is 11.3 Å². The van der Waals surface area contributed by atoms with E-state index in [1.54, 1.807) is 11.6 Å². The van der Waals surface area contributed by atoms with Crippen molar-refractivity contribution < 1.29 is 9.90 Å². The van der Waals surface area contributed by atoms with Crippen molar-refractivity contribution in [3.8, 4) is 5.75 Å². The lowest BCUT2D eigenvalue weighted by molar-refractivity contribution is -0.121. The summed E-state index contributed by atoms with van der Waals surface area (Å²) in [5.41, 5.74) is 4.89. The lowest BCUT2D eigenvalue weighted by Crippen LogP contribution is -2.25. The number of nitrogens with one attached hydrogen (secondary N) is 1. The molecule has 8 heteroatoms. The normalized spacial score (nSPS) is 11.6. The number of hydrazone groups is 1. The molecule has 0 unspecified atom stereocenters. The molecule has 0 atom stereocenters. The smallest absolute Gasteiger partial charge is 0.261 e. The van der Waals surface area contributed by atoms with Gasteiger partial charge in [-0.2, -0.15) is 10.2 Å². The summed E-state index contributed by atoms with van der Waals surface area (Å²) in [6, 6.07) is 4.83. The van der Waals surface area contributed by atoms with E-state index in [1.165, 1.54) is 12.1 Å². The van der Waals surface area contributed by atoms with Gasteiger partial charge in [0.2, 0.25) is 0 Å². The summed E-state index contributed by atoms with van der Waals surface area (Å²) in [5, 5.41) is 18.6. The summed E-state index contributed by atoms with van der Waals surface area (Å²) in [4.78, 5) is 11.9. The third kappa shape index (κ3) is 4.24. The van der Waals surface area contributed by atoms with Crippen molar-refractivity contribution >= 4 is 34.8 Å². The van der Waals surface area contributed by atoms with Crippen molar-refractivity contribution in [1.82, 2.24) is 15.2 Å². The standard InChI is InChI=1S/C15H16Cl2N4O2/c1-8-4-9(2)21(20-8)7-14(22)19-18-10(3)12-5-11(16)6-13(17)15(12)23/h4-6,23H,7H2,1-3H3,(H,19,22)/b18-10+. The van der Waals surface area contributed by atoms with Crippen molar-refractivity contribution in [3.05, 3.63) is 45.2 Å². The Hall–Kier alpha value is -2.05. The average molecular weight is 355 g/mol. The van der Waals surface area contributed by atoms with Crippen LogP contribution in [0.25, 0.3) is 0 Å². The zero-order chi connectivity index (χ0) is 17.1. The van der Waals surface area contributed by atoms with Gasteiger partial charge < -0.3 is 5.11 Å². The molecule has 1 heterocycles. The van der Waals surface area contributed by atoms with Gasteiger partial charge in [0.1, 0.15) is 12.3 Å². The highest BCUT2D eigenvalue weighted by molar-refractivity contribution is 6.36. The van der Waals surface area contributed by atoms with Crippen molar-refractivity contribution in [2.45, 2.75) is 27.3 Å². The minimum atomic E-state index is -0.330. The maximum Gasteiger partial charge on any atom is 0.261 e. The lowest BCUT2D eigenvalue weighted by atomic mass is 10.1. The minimum absolute atomic E-state index is 0.0543. The van der Waals surface area contributed by atoms with E-state index in [4.69, 9.17) is 23.2 Å². The zero-order valence-electron chi connectivity index (χ0n) is 12.9. The van der Waals surface area contributed by atoms with Gasteiger partial charge in [0.05, 0.1) is 16.4 Å². The number of phenols is 1. The van der Waals surface area contributed by atoms with Gasteiger partial charge in [0.15, 0.2) is 0 Å². The number of phenolic OH excluding ortho intramolecular Hbond substituents is 1. The fourth-order valence-electron chi connectivity index (χ4n) is 2.05. The Labute approximate surface area is 143 Å². The van der Waals surface area contributed by atoms with Gasteiger partial charge in [0, 0.05) is 16.3 Å². The molecule has 1 aromatic heterocycles. The number of aromatic hydroxyl groups is 1. The fraction of sp³-hybridized carbons (Fsp3) is 0.267. The first-order valence-corrected chi connectivity index (χ1v) is 7.56. The van der Waals surface area contributed by atoms with E-state index in [1.807, 2.05) is 19.9 Å². The van der Waals surface area contributed by atoms with Gasteiger partial charge in [-0.1, -0.05) is 23.2 Å². The van der Waals surface area contributed by atoms with Crippen LogP contribution in [-0.4, -0.2) is 26.5 Å². The molecule has 122 valence electrons. The molecule has 0 fully saturated rings. The molecule has 0 aliphatic heterocycles. The van der Waals surface area contributed by atoms with Crippen LogP contribution in [0.1, 0.15) is 23.9 Å². The predicted molar refractivity (Wildman–Crippen MR) is 90.2 cm³/mol. The predicted octanol–water partition coefficient (Wildman–Crippen LogP) is 3.05. The number of nitrogens with zero attached hydrogens (tertiary/aromatic N) is 3. The summed E-state index contributed by atoms with van der Waals surface area (Å²) < 4.78 is 1.59. The molecule has 0 aliphatic carbocycles. The highest BCUT2D eigenvalue weighted by Crippen LogP contribution is 2.31. The first-order valence-electron chi connectivity index (χ1n) is 6.80. The van der Waals surface area contributed by atoms with Crippen LogP contribution in [0, 0.1) is 13.8 Å². The number of amides is 1. The number of aromatic nitrogens is 2. The van der Waals surface area contributed by atoms with E-state index in [-0.39, 0.29) is 23.2 Å². The van der Waals surface area contributed by atoms with E-state index in [0.29, 0.717) is 16.3 Å². The first kappa shape index (κ1) is 17.3. The SMILES string of the molecule is C/C(=N\NC(=O)Cn1nc(C)cc1C)c1cc(Cl)cc(Cl)c1O. The van der Waals surface area contributed by atoms with Crippen LogP contribution < -0.4 is 5.43 Å². The second-order valence-corrected chi connectivity index (χ2v) is 5.94. The molecule has 1 aromatic carbocycles. The number of halogens is 2. The van der Waals surface area contributed by atoms with E-state index in [2.05, 4.69) is 15.6 Å². The molecule has 0 spiro atoms. The highest BCUT2D eigenvalue weighted by Gasteiger charge is 2.12. The number of benzene rings is 1. The maximum absolute atomic E-state index is 11.9.